The summed E-state index contributed by atoms with van der Waals surface area (Å²) in [5.41, 5.74) is 0.368. The summed E-state index contributed by atoms with van der Waals surface area (Å²) in [4.78, 5) is 17.6. The summed E-state index contributed by atoms with van der Waals surface area (Å²) in [6.07, 6.45) is 6.50. The van der Waals surface area contributed by atoms with Crippen molar-refractivity contribution in [1.82, 2.24) is 9.88 Å². The third kappa shape index (κ3) is 2.43. The van der Waals surface area contributed by atoms with Crippen molar-refractivity contribution < 1.29 is 9.21 Å². The Morgan fingerprint density at radius 3 is 2.88 bits per heavy atom. The van der Waals surface area contributed by atoms with Gasteiger partial charge in [0.05, 0.1) is 6.54 Å². The van der Waals surface area contributed by atoms with Gasteiger partial charge in [-0.3, -0.25) is 4.79 Å². The maximum atomic E-state index is 12.1. The van der Waals surface area contributed by atoms with Crippen molar-refractivity contribution in [2.24, 2.45) is 0 Å². The quantitative estimate of drug-likeness (QED) is 0.728. The van der Waals surface area contributed by atoms with Gasteiger partial charge in [-0.15, -0.1) is 6.42 Å². The molecule has 1 aromatic heterocycles. The number of carbonyl (C=O) groups is 1. The molecule has 0 aromatic carbocycles. The minimum absolute atomic E-state index is 0.131. The van der Waals surface area contributed by atoms with Gasteiger partial charge in [-0.2, -0.15) is 0 Å². The van der Waals surface area contributed by atoms with Crippen LogP contribution >= 0.6 is 0 Å². The predicted molar refractivity (Wildman–Crippen MR) is 61.0 cm³/mol. The highest BCUT2D eigenvalue weighted by Crippen LogP contribution is 2.19. The van der Waals surface area contributed by atoms with Crippen molar-refractivity contribution >= 4 is 5.91 Å². The van der Waals surface area contributed by atoms with Crippen LogP contribution in [-0.4, -0.2) is 28.9 Å². The van der Waals surface area contributed by atoms with E-state index in [4.69, 9.17) is 10.8 Å². The Morgan fingerprint density at radius 2 is 2.38 bits per heavy atom. The largest absolute Gasteiger partial charge is 0.447 e. The molecule has 0 aliphatic carbocycles. The van der Waals surface area contributed by atoms with E-state index in [0.717, 1.165) is 0 Å². The molecule has 0 spiro atoms. The lowest BCUT2D eigenvalue weighted by molar-refractivity contribution is 0.0777. The van der Waals surface area contributed by atoms with Crippen LogP contribution in [0.1, 0.15) is 42.9 Å². The third-order valence-corrected chi connectivity index (χ3v) is 2.27. The molecule has 1 aromatic rings. The Hall–Kier alpha value is -1.76. The standard InChI is InChI=1S/C12H16N2O2/c1-5-7-14(6-2)12(15)10-11(9(3)4)16-8-13-10/h1,8-9H,6-7H2,2-4H3. The van der Waals surface area contributed by atoms with Gasteiger partial charge in [-0.05, 0) is 6.92 Å². The molecule has 1 amide bonds. The fourth-order valence-electron chi connectivity index (χ4n) is 1.41. The van der Waals surface area contributed by atoms with Crippen LogP contribution in [0.3, 0.4) is 0 Å². The van der Waals surface area contributed by atoms with Gasteiger partial charge in [-0.25, -0.2) is 4.98 Å². The molecule has 0 aliphatic rings. The number of amides is 1. The Kier molecular flexibility index (Phi) is 4.12. The molecule has 0 saturated heterocycles. The molecule has 4 nitrogen and oxygen atoms in total. The monoisotopic (exact) mass is 220 g/mol. The van der Waals surface area contributed by atoms with Gasteiger partial charge in [0.1, 0.15) is 5.76 Å². The molecule has 4 heteroatoms. The number of carbonyl (C=O) groups excluding carboxylic acids is 1. The maximum Gasteiger partial charge on any atom is 0.276 e. The Balaban J connectivity index is 2.95. The second-order valence-corrected chi connectivity index (χ2v) is 3.74. The van der Waals surface area contributed by atoms with Crippen LogP contribution < -0.4 is 0 Å². The Morgan fingerprint density at radius 1 is 1.69 bits per heavy atom. The van der Waals surface area contributed by atoms with Crippen molar-refractivity contribution in [3.8, 4) is 12.3 Å². The highest BCUT2D eigenvalue weighted by Gasteiger charge is 2.22. The first kappa shape index (κ1) is 12.3. The number of nitrogens with zero attached hydrogens (tertiary/aromatic N) is 2. The van der Waals surface area contributed by atoms with Crippen LogP contribution in [0.15, 0.2) is 10.8 Å². The number of hydrogen-bond acceptors (Lipinski definition) is 3. The maximum absolute atomic E-state index is 12.1. The van der Waals surface area contributed by atoms with E-state index in [1.165, 1.54) is 6.39 Å². The fraction of sp³-hybridized carbons (Fsp3) is 0.500. The molecule has 0 N–H and O–H groups in total. The van der Waals surface area contributed by atoms with Crippen LogP contribution in [0.2, 0.25) is 0 Å². The Labute approximate surface area is 95.7 Å². The summed E-state index contributed by atoms with van der Waals surface area (Å²) >= 11 is 0. The van der Waals surface area contributed by atoms with Crippen molar-refractivity contribution in [3.63, 3.8) is 0 Å². The van der Waals surface area contributed by atoms with Gasteiger partial charge in [-0.1, -0.05) is 19.8 Å². The van der Waals surface area contributed by atoms with Crippen LogP contribution in [0.5, 0.6) is 0 Å². The average molecular weight is 220 g/mol. The van der Waals surface area contributed by atoms with Crippen LogP contribution in [0.4, 0.5) is 0 Å². The lowest BCUT2D eigenvalue weighted by atomic mass is 10.1. The smallest absolute Gasteiger partial charge is 0.276 e. The summed E-state index contributed by atoms with van der Waals surface area (Å²) in [7, 11) is 0. The van der Waals surface area contributed by atoms with E-state index in [1.54, 1.807) is 4.90 Å². The highest BCUT2D eigenvalue weighted by atomic mass is 16.3. The van der Waals surface area contributed by atoms with Gasteiger partial charge in [0, 0.05) is 12.5 Å². The zero-order chi connectivity index (χ0) is 12.1. The van der Waals surface area contributed by atoms with Gasteiger partial charge in [0.25, 0.3) is 5.91 Å². The molecule has 0 bridgehead atoms. The summed E-state index contributed by atoms with van der Waals surface area (Å²) in [5, 5.41) is 0. The predicted octanol–water partition coefficient (Wildman–Crippen LogP) is 1.89. The number of aromatic nitrogens is 1. The molecule has 0 aliphatic heterocycles. The Bertz CT molecular complexity index is 401. The average Bonchev–Trinajstić information content (AvgIpc) is 2.73. The van der Waals surface area contributed by atoms with Gasteiger partial charge in [0.15, 0.2) is 12.1 Å². The van der Waals surface area contributed by atoms with Gasteiger partial charge < -0.3 is 9.32 Å². The minimum Gasteiger partial charge on any atom is -0.447 e. The van der Waals surface area contributed by atoms with E-state index >= 15 is 0 Å². The lowest BCUT2D eigenvalue weighted by Gasteiger charge is -2.17. The first-order valence-electron chi connectivity index (χ1n) is 5.27. The van der Waals surface area contributed by atoms with E-state index in [1.807, 2.05) is 20.8 Å². The molecular formula is C12H16N2O2. The fourth-order valence-corrected chi connectivity index (χ4v) is 1.41. The topological polar surface area (TPSA) is 46.3 Å². The first-order chi connectivity index (χ1) is 7.61. The molecule has 0 fully saturated rings. The van der Waals surface area contributed by atoms with Crippen molar-refractivity contribution in [2.75, 3.05) is 13.1 Å². The summed E-state index contributed by atoms with van der Waals surface area (Å²) in [5.74, 6) is 3.03. The zero-order valence-corrected chi connectivity index (χ0v) is 9.86. The van der Waals surface area contributed by atoms with Gasteiger partial charge >= 0.3 is 0 Å². The van der Waals surface area contributed by atoms with E-state index in [-0.39, 0.29) is 11.8 Å². The van der Waals surface area contributed by atoms with E-state index in [2.05, 4.69) is 10.9 Å². The molecule has 1 rings (SSSR count). The molecule has 0 atom stereocenters. The van der Waals surface area contributed by atoms with E-state index in [0.29, 0.717) is 24.5 Å². The molecule has 1 heterocycles. The minimum atomic E-state index is -0.169. The second-order valence-electron chi connectivity index (χ2n) is 3.74. The van der Waals surface area contributed by atoms with Crippen LogP contribution in [0, 0.1) is 12.3 Å². The van der Waals surface area contributed by atoms with Gasteiger partial charge in [0.2, 0.25) is 0 Å². The number of rotatable bonds is 4. The van der Waals surface area contributed by atoms with Crippen LogP contribution in [-0.2, 0) is 0 Å². The van der Waals surface area contributed by atoms with Crippen LogP contribution in [0.25, 0.3) is 0 Å². The third-order valence-electron chi connectivity index (χ3n) is 2.27. The molecule has 0 saturated carbocycles. The summed E-state index contributed by atoms with van der Waals surface area (Å²) in [6, 6.07) is 0. The van der Waals surface area contributed by atoms with E-state index < -0.39 is 0 Å². The zero-order valence-electron chi connectivity index (χ0n) is 9.86. The molecule has 0 unspecified atom stereocenters. The van der Waals surface area contributed by atoms with Crippen molar-refractivity contribution in [3.05, 3.63) is 17.8 Å². The summed E-state index contributed by atoms with van der Waals surface area (Å²) < 4.78 is 5.21. The molecule has 16 heavy (non-hydrogen) atoms. The van der Waals surface area contributed by atoms with Crippen molar-refractivity contribution in [1.29, 1.82) is 0 Å². The van der Waals surface area contributed by atoms with E-state index in [9.17, 15) is 4.79 Å². The SMILES string of the molecule is C#CCN(CC)C(=O)c1ncoc1C(C)C. The number of hydrogen-bond donors (Lipinski definition) is 0. The molecule has 0 radical (unpaired) electrons. The second kappa shape index (κ2) is 5.36. The lowest BCUT2D eigenvalue weighted by Crippen LogP contribution is -2.32. The molecular weight excluding hydrogens is 204 g/mol. The normalized spacial score (nSPS) is 10.2. The number of terminal acetylenes is 1. The number of oxazole rings is 1. The summed E-state index contributed by atoms with van der Waals surface area (Å²) in [6.45, 7) is 6.64. The molecule has 86 valence electrons. The highest BCUT2D eigenvalue weighted by molar-refractivity contribution is 5.93. The van der Waals surface area contributed by atoms with Crippen molar-refractivity contribution in [2.45, 2.75) is 26.7 Å². The first-order valence-corrected chi connectivity index (χ1v) is 5.27.